The second-order valence-electron chi connectivity index (χ2n) is 6.42. The monoisotopic (exact) mass is 364 g/mol. The van der Waals surface area contributed by atoms with Gasteiger partial charge in [0, 0.05) is 31.2 Å². The fraction of sp³-hybridized carbons (Fsp3) is 0.300. The molecule has 3 aromatic rings. The Morgan fingerprint density at radius 3 is 2.59 bits per heavy atom. The van der Waals surface area contributed by atoms with Crippen molar-refractivity contribution >= 4 is 22.8 Å². The van der Waals surface area contributed by atoms with Gasteiger partial charge in [-0.25, -0.2) is 14.8 Å². The van der Waals surface area contributed by atoms with E-state index < -0.39 is 0 Å². The van der Waals surface area contributed by atoms with Gasteiger partial charge in [0.1, 0.15) is 0 Å². The zero-order chi connectivity index (χ0) is 18.8. The maximum atomic E-state index is 12.9. The molecule has 0 spiro atoms. The van der Waals surface area contributed by atoms with E-state index in [2.05, 4.69) is 14.9 Å². The highest BCUT2D eigenvalue weighted by Crippen LogP contribution is 2.18. The Bertz CT molecular complexity index is 1040. The van der Waals surface area contributed by atoms with Gasteiger partial charge in [-0.1, -0.05) is 0 Å². The zero-order valence-electron chi connectivity index (χ0n) is 15.1. The van der Waals surface area contributed by atoms with Crippen molar-refractivity contribution in [3.63, 3.8) is 0 Å². The summed E-state index contributed by atoms with van der Waals surface area (Å²) in [6.45, 7) is 3.99. The summed E-state index contributed by atoms with van der Waals surface area (Å²) in [5.74, 6) is 0.300. The lowest BCUT2D eigenvalue weighted by molar-refractivity contribution is 0.0526. The highest BCUT2D eigenvalue weighted by Gasteiger charge is 2.16. The number of hydrogen-bond acceptors (Lipinski definition) is 6. The predicted molar refractivity (Wildman–Crippen MR) is 103 cm³/mol. The quantitative estimate of drug-likeness (QED) is 0.662. The molecular formula is C20H20N4O3. The number of benzene rings is 1. The molecule has 0 aliphatic carbocycles. The van der Waals surface area contributed by atoms with Crippen LogP contribution in [0.2, 0.25) is 0 Å². The number of esters is 1. The van der Waals surface area contributed by atoms with Gasteiger partial charge < -0.3 is 9.64 Å². The summed E-state index contributed by atoms with van der Waals surface area (Å²) >= 11 is 0. The molecule has 0 radical (unpaired) electrons. The highest BCUT2D eigenvalue weighted by atomic mass is 16.5. The van der Waals surface area contributed by atoms with Crippen molar-refractivity contribution in [3.05, 3.63) is 58.6 Å². The van der Waals surface area contributed by atoms with E-state index in [1.807, 2.05) is 6.07 Å². The molecule has 7 nitrogen and oxygen atoms in total. The Labute approximate surface area is 156 Å². The summed E-state index contributed by atoms with van der Waals surface area (Å²) in [6.07, 6.45) is 5.59. The number of nitrogens with zero attached hydrogens (tertiary/aromatic N) is 4. The van der Waals surface area contributed by atoms with Gasteiger partial charge in [0.15, 0.2) is 0 Å². The second-order valence-corrected chi connectivity index (χ2v) is 6.42. The molecule has 0 bridgehead atoms. The number of rotatable bonds is 4. The lowest BCUT2D eigenvalue weighted by atomic mass is 10.2. The van der Waals surface area contributed by atoms with Crippen LogP contribution < -0.4 is 10.5 Å². The van der Waals surface area contributed by atoms with Crippen molar-refractivity contribution in [2.45, 2.75) is 19.8 Å². The number of hydrogen-bond donors (Lipinski definition) is 0. The molecule has 1 aliphatic heterocycles. The molecule has 0 unspecified atom stereocenters. The predicted octanol–water partition coefficient (Wildman–Crippen LogP) is 2.56. The number of fused-ring (bicyclic) bond motifs is 1. The molecule has 7 heteroatoms. The number of aromatic nitrogens is 3. The Morgan fingerprint density at radius 2 is 1.89 bits per heavy atom. The van der Waals surface area contributed by atoms with Crippen molar-refractivity contribution < 1.29 is 9.53 Å². The van der Waals surface area contributed by atoms with Gasteiger partial charge in [0.25, 0.3) is 5.56 Å². The van der Waals surface area contributed by atoms with Crippen LogP contribution in [-0.4, -0.2) is 40.2 Å². The van der Waals surface area contributed by atoms with Gasteiger partial charge in [-0.05, 0) is 50.1 Å². The van der Waals surface area contributed by atoms with E-state index in [1.165, 1.54) is 4.57 Å². The fourth-order valence-electron chi connectivity index (χ4n) is 3.27. The van der Waals surface area contributed by atoms with Gasteiger partial charge in [-0.15, -0.1) is 0 Å². The minimum absolute atomic E-state index is 0.190. The van der Waals surface area contributed by atoms with E-state index in [0.717, 1.165) is 25.9 Å². The van der Waals surface area contributed by atoms with E-state index >= 15 is 0 Å². The molecule has 2 aromatic heterocycles. The molecule has 1 fully saturated rings. The van der Waals surface area contributed by atoms with Crippen LogP contribution in [0, 0.1) is 0 Å². The molecule has 0 amide bonds. The molecule has 0 saturated carbocycles. The number of ether oxygens (including phenoxy) is 1. The first-order chi connectivity index (χ1) is 13.2. The summed E-state index contributed by atoms with van der Waals surface area (Å²) in [6, 6.07) is 8.56. The van der Waals surface area contributed by atoms with Crippen LogP contribution in [-0.2, 0) is 4.74 Å². The number of pyridine rings is 1. The molecule has 1 aliphatic rings. The topological polar surface area (TPSA) is 77.3 Å². The van der Waals surface area contributed by atoms with Gasteiger partial charge in [-0.3, -0.25) is 9.36 Å². The van der Waals surface area contributed by atoms with Gasteiger partial charge in [0.05, 0.1) is 23.1 Å². The first-order valence-corrected chi connectivity index (χ1v) is 9.08. The molecule has 138 valence electrons. The van der Waals surface area contributed by atoms with Crippen molar-refractivity contribution in [1.82, 2.24) is 14.5 Å². The van der Waals surface area contributed by atoms with Crippen LogP contribution in [0.4, 0.5) is 5.95 Å². The molecular weight excluding hydrogens is 344 g/mol. The van der Waals surface area contributed by atoms with E-state index in [0.29, 0.717) is 34.7 Å². The van der Waals surface area contributed by atoms with Crippen LogP contribution in [0.5, 0.6) is 0 Å². The number of carbonyl (C=O) groups excluding carboxylic acids is 1. The van der Waals surface area contributed by atoms with Crippen molar-refractivity contribution in [1.29, 1.82) is 0 Å². The molecule has 27 heavy (non-hydrogen) atoms. The summed E-state index contributed by atoms with van der Waals surface area (Å²) in [5, 5.41) is 0.468. The Hall–Kier alpha value is -3.22. The molecule has 3 heterocycles. The smallest absolute Gasteiger partial charge is 0.338 e. The van der Waals surface area contributed by atoms with Crippen LogP contribution in [0.3, 0.4) is 0 Å². The average molecular weight is 364 g/mol. The lowest BCUT2D eigenvalue weighted by Crippen LogP contribution is -2.22. The first kappa shape index (κ1) is 17.2. The van der Waals surface area contributed by atoms with E-state index in [4.69, 9.17) is 4.74 Å². The summed E-state index contributed by atoms with van der Waals surface area (Å²) < 4.78 is 6.50. The summed E-state index contributed by atoms with van der Waals surface area (Å²) in [7, 11) is 0. The van der Waals surface area contributed by atoms with Crippen LogP contribution in [0.15, 0.2) is 47.5 Å². The molecule has 0 N–H and O–H groups in total. The average Bonchev–Trinajstić information content (AvgIpc) is 3.23. The lowest BCUT2D eigenvalue weighted by Gasteiger charge is -2.15. The number of carbonyl (C=O) groups is 1. The standard InChI is InChI=1S/C20H20N4O3/c1-2-27-19(26)14-5-7-15(8-6-14)24-12-9-17-16(18(24)25)13-21-20(22-17)23-10-3-4-11-23/h5-9,12-13H,2-4,10-11H2,1H3. The molecule has 0 atom stereocenters. The van der Waals surface area contributed by atoms with Crippen molar-refractivity contribution in [2.24, 2.45) is 0 Å². The third-order valence-electron chi connectivity index (χ3n) is 4.68. The molecule has 1 saturated heterocycles. The Balaban J connectivity index is 1.68. The highest BCUT2D eigenvalue weighted by molar-refractivity contribution is 5.89. The Kier molecular flexibility index (Phi) is 4.58. The van der Waals surface area contributed by atoms with Crippen LogP contribution >= 0.6 is 0 Å². The van der Waals surface area contributed by atoms with Crippen LogP contribution in [0.1, 0.15) is 30.1 Å². The second kappa shape index (κ2) is 7.19. The summed E-state index contributed by atoms with van der Waals surface area (Å²) in [5.41, 5.74) is 1.56. The van der Waals surface area contributed by atoms with Gasteiger partial charge in [-0.2, -0.15) is 0 Å². The third kappa shape index (κ3) is 3.28. The zero-order valence-corrected chi connectivity index (χ0v) is 15.1. The SMILES string of the molecule is CCOC(=O)c1ccc(-n2ccc3nc(N4CCCC4)ncc3c2=O)cc1. The van der Waals surface area contributed by atoms with E-state index in [9.17, 15) is 9.59 Å². The van der Waals surface area contributed by atoms with Gasteiger partial charge >= 0.3 is 5.97 Å². The van der Waals surface area contributed by atoms with Crippen molar-refractivity contribution in [3.8, 4) is 5.69 Å². The fourth-order valence-corrected chi connectivity index (χ4v) is 3.27. The minimum atomic E-state index is -0.377. The maximum absolute atomic E-state index is 12.9. The van der Waals surface area contributed by atoms with E-state index in [-0.39, 0.29) is 11.5 Å². The largest absolute Gasteiger partial charge is 0.462 e. The minimum Gasteiger partial charge on any atom is -0.462 e. The normalized spacial score (nSPS) is 13.9. The Morgan fingerprint density at radius 1 is 1.15 bits per heavy atom. The van der Waals surface area contributed by atoms with Gasteiger partial charge in [0.2, 0.25) is 5.95 Å². The summed E-state index contributed by atoms with van der Waals surface area (Å²) in [4.78, 5) is 35.7. The maximum Gasteiger partial charge on any atom is 0.338 e. The van der Waals surface area contributed by atoms with Crippen LogP contribution in [0.25, 0.3) is 16.6 Å². The first-order valence-electron chi connectivity index (χ1n) is 9.08. The van der Waals surface area contributed by atoms with E-state index in [1.54, 1.807) is 43.6 Å². The molecule has 4 rings (SSSR count). The third-order valence-corrected chi connectivity index (χ3v) is 4.68. The number of anilines is 1. The molecule has 1 aromatic carbocycles. The van der Waals surface area contributed by atoms with Crippen molar-refractivity contribution in [2.75, 3.05) is 24.6 Å².